The summed E-state index contributed by atoms with van der Waals surface area (Å²) in [5.41, 5.74) is 1.54. The number of nitro benzene ring substituents is 1. The summed E-state index contributed by atoms with van der Waals surface area (Å²) in [6.07, 6.45) is 1.71. The fourth-order valence-electron chi connectivity index (χ4n) is 3.93. The lowest BCUT2D eigenvalue weighted by Gasteiger charge is -2.09. The van der Waals surface area contributed by atoms with Crippen LogP contribution in [0.2, 0.25) is 0 Å². The van der Waals surface area contributed by atoms with Gasteiger partial charge in [-0.1, -0.05) is 12.1 Å². The Bertz CT molecular complexity index is 1670. The van der Waals surface area contributed by atoms with Gasteiger partial charge in [0.2, 0.25) is 5.78 Å². The number of non-ortho nitro benzene ring substituents is 1. The molecule has 0 bridgehead atoms. The molecule has 10 nitrogen and oxygen atoms in total. The monoisotopic (exact) mass is 448 g/mol. The number of fused-ring (bicyclic) bond motifs is 3. The summed E-state index contributed by atoms with van der Waals surface area (Å²) in [5.74, 6) is 0.0398. The molecule has 0 amide bonds. The first-order valence-electron chi connectivity index (χ1n) is 9.93. The van der Waals surface area contributed by atoms with Crippen molar-refractivity contribution in [1.82, 2.24) is 23.1 Å². The Morgan fingerprint density at radius 3 is 2.30 bits per heavy atom. The van der Waals surface area contributed by atoms with Gasteiger partial charge in [0.25, 0.3) is 11.2 Å². The highest BCUT2D eigenvalue weighted by atomic mass is 19.1. The zero-order chi connectivity index (χ0) is 23.4. The maximum absolute atomic E-state index is 13.4. The molecule has 3 aromatic heterocycles. The predicted molar refractivity (Wildman–Crippen MR) is 119 cm³/mol. The summed E-state index contributed by atoms with van der Waals surface area (Å²) < 4.78 is 19.2. The molecule has 0 saturated carbocycles. The van der Waals surface area contributed by atoms with Crippen molar-refractivity contribution in [3.63, 3.8) is 0 Å². The lowest BCUT2D eigenvalue weighted by atomic mass is 10.1. The third kappa shape index (κ3) is 3.13. The van der Waals surface area contributed by atoms with E-state index in [1.54, 1.807) is 34.9 Å². The molecule has 0 saturated heterocycles. The lowest BCUT2D eigenvalue weighted by Crippen LogP contribution is -2.37. The number of nitrogens with zero attached hydrogens (tertiary/aromatic N) is 6. The van der Waals surface area contributed by atoms with Crippen molar-refractivity contribution in [2.24, 2.45) is 14.1 Å². The van der Waals surface area contributed by atoms with Crippen molar-refractivity contribution >= 4 is 22.6 Å². The predicted octanol–water partition coefficient (Wildman–Crippen LogP) is 2.45. The molecule has 0 spiro atoms. The number of hydrogen-bond acceptors (Lipinski definition) is 5. The molecule has 0 N–H and O–H groups in total. The highest BCUT2D eigenvalue weighted by Crippen LogP contribution is 2.28. The Balaban J connectivity index is 1.81. The van der Waals surface area contributed by atoms with E-state index in [1.807, 2.05) is 4.57 Å². The van der Waals surface area contributed by atoms with E-state index in [0.29, 0.717) is 23.6 Å². The van der Waals surface area contributed by atoms with Gasteiger partial charge < -0.3 is 4.57 Å². The van der Waals surface area contributed by atoms with Crippen molar-refractivity contribution in [3.8, 4) is 11.3 Å². The Kier molecular flexibility index (Phi) is 4.48. The van der Waals surface area contributed by atoms with E-state index in [-0.39, 0.29) is 22.7 Å². The maximum atomic E-state index is 13.4. The van der Waals surface area contributed by atoms with Crippen LogP contribution in [0.1, 0.15) is 5.56 Å². The summed E-state index contributed by atoms with van der Waals surface area (Å²) in [7, 11) is 2.94. The summed E-state index contributed by atoms with van der Waals surface area (Å²) in [6, 6.07) is 12.0. The van der Waals surface area contributed by atoms with E-state index >= 15 is 0 Å². The summed E-state index contributed by atoms with van der Waals surface area (Å²) in [6.45, 7) is 0.292. The van der Waals surface area contributed by atoms with Crippen LogP contribution in [0.15, 0.2) is 64.3 Å². The van der Waals surface area contributed by atoms with Gasteiger partial charge in [-0.25, -0.2) is 9.18 Å². The van der Waals surface area contributed by atoms with Crippen molar-refractivity contribution in [2.45, 2.75) is 6.54 Å². The molecule has 0 unspecified atom stereocenters. The van der Waals surface area contributed by atoms with Crippen LogP contribution in [0.25, 0.3) is 28.2 Å². The minimum Gasteiger partial charge on any atom is -0.305 e. The highest BCUT2D eigenvalue weighted by Gasteiger charge is 2.21. The van der Waals surface area contributed by atoms with E-state index < -0.39 is 16.2 Å². The van der Waals surface area contributed by atoms with Gasteiger partial charge in [-0.15, -0.1) is 0 Å². The first-order valence-corrected chi connectivity index (χ1v) is 9.93. The molecule has 0 aliphatic heterocycles. The topological polar surface area (TPSA) is 109 Å². The second-order valence-corrected chi connectivity index (χ2v) is 7.69. The quantitative estimate of drug-likeness (QED) is 0.310. The van der Waals surface area contributed by atoms with Crippen molar-refractivity contribution < 1.29 is 9.31 Å². The van der Waals surface area contributed by atoms with Crippen molar-refractivity contribution in [3.05, 3.63) is 97.1 Å². The molecular formula is C22H17FN6O4. The van der Waals surface area contributed by atoms with Crippen molar-refractivity contribution in [2.75, 3.05) is 0 Å². The van der Waals surface area contributed by atoms with Gasteiger partial charge in [0.15, 0.2) is 11.2 Å². The Morgan fingerprint density at radius 2 is 1.67 bits per heavy atom. The van der Waals surface area contributed by atoms with E-state index in [1.165, 1.54) is 42.9 Å². The molecule has 0 atom stereocenters. The van der Waals surface area contributed by atoms with Gasteiger partial charge in [0, 0.05) is 38.0 Å². The zero-order valence-corrected chi connectivity index (χ0v) is 17.6. The Labute approximate surface area is 184 Å². The molecule has 11 heteroatoms. The van der Waals surface area contributed by atoms with Gasteiger partial charge in [0.1, 0.15) is 5.82 Å². The first kappa shape index (κ1) is 20.4. The van der Waals surface area contributed by atoms with Crippen molar-refractivity contribution in [1.29, 1.82) is 0 Å². The van der Waals surface area contributed by atoms with E-state index in [2.05, 4.69) is 4.98 Å². The fourth-order valence-corrected chi connectivity index (χ4v) is 3.93. The molecule has 0 fully saturated rings. The zero-order valence-electron chi connectivity index (χ0n) is 17.6. The number of rotatable bonds is 4. The van der Waals surface area contributed by atoms with Gasteiger partial charge in [-0.05, 0) is 29.8 Å². The standard InChI is InChI=1S/C22H17FN6O4/c1-25-19-18(20(30)26(2)22(25)31)28-12-17(14-5-9-16(10-6-14)29(32)33)27(21(28)24-19)11-13-3-7-15(23)8-4-13/h3-10,12H,11H2,1-2H3. The fraction of sp³-hybridized carbons (Fsp3) is 0.136. The van der Waals surface area contributed by atoms with Crippen LogP contribution in [-0.4, -0.2) is 28.0 Å². The van der Waals surface area contributed by atoms with Crippen LogP contribution in [0, 0.1) is 15.9 Å². The molecular weight excluding hydrogens is 431 g/mol. The Hall–Kier alpha value is -4.54. The minimum absolute atomic E-state index is 0.0468. The van der Waals surface area contributed by atoms with E-state index in [4.69, 9.17) is 0 Å². The first-order chi connectivity index (χ1) is 15.8. The molecule has 3 heterocycles. The largest absolute Gasteiger partial charge is 0.332 e. The summed E-state index contributed by atoms with van der Waals surface area (Å²) >= 11 is 0. The third-order valence-corrected chi connectivity index (χ3v) is 5.68. The molecule has 0 aliphatic rings. The lowest BCUT2D eigenvalue weighted by molar-refractivity contribution is -0.384. The van der Waals surface area contributed by atoms with Gasteiger partial charge in [-0.3, -0.25) is 28.4 Å². The number of hydrogen-bond donors (Lipinski definition) is 0. The molecule has 166 valence electrons. The third-order valence-electron chi connectivity index (χ3n) is 5.68. The number of aromatic nitrogens is 5. The average Bonchev–Trinajstić information content (AvgIpc) is 3.35. The van der Waals surface area contributed by atoms with E-state index in [9.17, 15) is 24.1 Å². The SMILES string of the molecule is Cn1c(=O)c2c(nc3n(Cc4ccc(F)cc4)c(-c4ccc([N+](=O)[O-])cc4)cn23)n(C)c1=O. The number of halogens is 1. The van der Waals surface area contributed by atoms with Gasteiger partial charge in [-0.2, -0.15) is 4.98 Å². The average molecular weight is 448 g/mol. The van der Waals surface area contributed by atoms with Crippen LogP contribution in [0.3, 0.4) is 0 Å². The van der Waals surface area contributed by atoms with Crippen LogP contribution in [-0.2, 0) is 20.6 Å². The molecule has 0 aliphatic carbocycles. The maximum Gasteiger partial charge on any atom is 0.332 e. The smallest absolute Gasteiger partial charge is 0.305 e. The number of aryl methyl sites for hydroxylation is 1. The summed E-state index contributed by atoms with van der Waals surface area (Å²) in [5, 5.41) is 11.0. The molecule has 0 radical (unpaired) electrons. The molecule has 2 aromatic carbocycles. The van der Waals surface area contributed by atoms with Gasteiger partial charge in [0.05, 0.1) is 17.2 Å². The van der Waals surface area contributed by atoms with Crippen LogP contribution in [0.5, 0.6) is 0 Å². The van der Waals surface area contributed by atoms with E-state index in [0.717, 1.165) is 10.1 Å². The number of imidazole rings is 2. The second kappa shape index (κ2) is 7.26. The van der Waals surface area contributed by atoms with Crippen LogP contribution >= 0.6 is 0 Å². The molecule has 5 aromatic rings. The van der Waals surface area contributed by atoms with Crippen LogP contribution in [0.4, 0.5) is 10.1 Å². The second-order valence-electron chi connectivity index (χ2n) is 7.69. The normalized spacial score (nSPS) is 11.5. The highest BCUT2D eigenvalue weighted by molar-refractivity contribution is 5.78. The summed E-state index contributed by atoms with van der Waals surface area (Å²) in [4.78, 5) is 40.4. The molecule has 33 heavy (non-hydrogen) atoms. The minimum atomic E-state index is -0.492. The Morgan fingerprint density at radius 1 is 1.00 bits per heavy atom. The number of nitro groups is 1. The van der Waals surface area contributed by atoms with Crippen LogP contribution < -0.4 is 11.2 Å². The van der Waals surface area contributed by atoms with Gasteiger partial charge >= 0.3 is 5.69 Å². The molecule has 5 rings (SSSR count). The number of benzene rings is 2.